The first-order valence-electron chi connectivity index (χ1n) is 7.38. The smallest absolute Gasteiger partial charge is 0.170 e. The fourth-order valence-corrected chi connectivity index (χ4v) is 2.48. The molecule has 118 valence electrons. The number of halogens is 1. The summed E-state index contributed by atoms with van der Waals surface area (Å²) < 4.78 is 13.5. The number of thiocarbonyl (C=S) groups is 1. The Morgan fingerprint density at radius 2 is 1.86 bits per heavy atom. The first kappa shape index (κ1) is 17.9. The highest BCUT2D eigenvalue weighted by molar-refractivity contribution is 7.80. The summed E-state index contributed by atoms with van der Waals surface area (Å²) in [6.45, 7) is 12.2. The summed E-state index contributed by atoms with van der Waals surface area (Å²) in [7, 11) is 0. The largest absolute Gasteiger partial charge is 0.361 e. The molecule has 21 heavy (non-hydrogen) atoms. The van der Waals surface area contributed by atoms with E-state index in [1.807, 2.05) is 6.07 Å². The number of anilines is 1. The molecule has 3 nitrogen and oxygen atoms in total. The van der Waals surface area contributed by atoms with Gasteiger partial charge in [-0.2, -0.15) is 0 Å². The van der Waals surface area contributed by atoms with Crippen molar-refractivity contribution in [3.8, 4) is 0 Å². The van der Waals surface area contributed by atoms with E-state index in [9.17, 15) is 4.39 Å². The van der Waals surface area contributed by atoms with E-state index in [0.29, 0.717) is 28.4 Å². The molecule has 5 heteroatoms. The molecule has 0 aromatic heterocycles. The third kappa shape index (κ3) is 5.98. The van der Waals surface area contributed by atoms with Crippen molar-refractivity contribution in [2.24, 2.45) is 0 Å². The van der Waals surface area contributed by atoms with Crippen LogP contribution in [0.1, 0.15) is 33.3 Å². The lowest BCUT2D eigenvalue weighted by Gasteiger charge is -2.30. The Morgan fingerprint density at radius 1 is 1.24 bits per heavy atom. The second-order valence-electron chi connectivity index (χ2n) is 5.77. The number of rotatable bonds is 6. The number of nitrogens with zero attached hydrogens (tertiary/aromatic N) is 1. The average Bonchev–Trinajstić information content (AvgIpc) is 2.38. The van der Waals surface area contributed by atoms with Crippen LogP contribution in [0.3, 0.4) is 0 Å². The number of hydrogen-bond acceptors (Lipinski definition) is 2. The van der Waals surface area contributed by atoms with Crippen molar-refractivity contribution in [3.05, 3.63) is 29.6 Å². The SMILES string of the molecule is Cc1ccc(NC(=S)NCCN(C(C)C)C(C)C)cc1F. The summed E-state index contributed by atoms with van der Waals surface area (Å²) in [4.78, 5) is 2.39. The molecule has 0 amide bonds. The van der Waals surface area contributed by atoms with E-state index >= 15 is 0 Å². The average molecular weight is 311 g/mol. The summed E-state index contributed by atoms with van der Waals surface area (Å²) >= 11 is 5.23. The molecule has 1 rings (SSSR count). The van der Waals surface area contributed by atoms with Crippen LogP contribution in [0.4, 0.5) is 10.1 Å². The molecule has 0 aliphatic carbocycles. The quantitative estimate of drug-likeness (QED) is 0.786. The first-order chi connectivity index (χ1) is 9.81. The van der Waals surface area contributed by atoms with E-state index in [4.69, 9.17) is 12.2 Å². The van der Waals surface area contributed by atoms with Gasteiger partial charge in [0.15, 0.2) is 5.11 Å². The molecule has 0 saturated heterocycles. The van der Waals surface area contributed by atoms with Gasteiger partial charge < -0.3 is 10.6 Å². The number of hydrogen-bond donors (Lipinski definition) is 2. The molecule has 0 unspecified atom stereocenters. The minimum Gasteiger partial charge on any atom is -0.361 e. The Labute approximate surface area is 132 Å². The molecule has 2 N–H and O–H groups in total. The van der Waals surface area contributed by atoms with Gasteiger partial charge in [-0.3, -0.25) is 4.90 Å². The number of benzene rings is 1. The molecular formula is C16H26FN3S. The van der Waals surface area contributed by atoms with E-state index in [1.165, 1.54) is 6.07 Å². The van der Waals surface area contributed by atoms with Crippen LogP contribution in [0.2, 0.25) is 0 Å². The third-order valence-corrected chi connectivity index (χ3v) is 3.66. The van der Waals surface area contributed by atoms with Crippen molar-refractivity contribution in [3.63, 3.8) is 0 Å². The predicted molar refractivity (Wildman–Crippen MR) is 92.3 cm³/mol. The van der Waals surface area contributed by atoms with Crippen LogP contribution in [0.5, 0.6) is 0 Å². The van der Waals surface area contributed by atoms with Crippen molar-refractivity contribution in [2.45, 2.75) is 46.7 Å². The van der Waals surface area contributed by atoms with Crippen LogP contribution in [-0.2, 0) is 0 Å². The summed E-state index contributed by atoms with van der Waals surface area (Å²) in [6, 6.07) is 6.01. The fraction of sp³-hybridized carbons (Fsp3) is 0.562. The highest BCUT2D eigenvalue weighted by Crippen LogP contribution is 2.13. The topological polar surface area (TPSA) is 27.3 Å². The van der Waals surface area contributed by atoms with Gasteiger partial charge in [-0.05, 0) is 64.5 Å². The maximum atomic E-state index is 13.5. The first-order valence-corrected chi connectivity index (χ1v) is 7.78. The fourth-order valence-electron chi connectivity index (χ4n) is 2.26. The van der Waals surface area contributed by atoms with Gasteiger partial charge in [-0.15, -0.1) is 0 Å². The molecule has 0 heterocycles. The summed E-state index contributed by atoms with van der Waals surface area (Å²) in [5.74, 6) is -0.228. The summed E-state index contributed by atoms with van der Waals surface area (Å²) in [5, 5.41) is 6.68. The Bertz CT molecular complexity index is 467. The van der Waals surface area contributed by atoms with E-state index in [1.54, 1.807) is 13.0 Å². The van der Waals surface area contributed by atoms with Crippen molar-refractivity contribution in [1.29, 1.82) is 0 Å². The van der Waals surface area contributed by atoms with Gasteiger partial charge in [0.1, 0.15) is 5.82 Å². The molecular weight excluding hydrogens is 285 g/mol. The normalized spacial score (nSPS) is 11.3. The zero-order valence-electron chi connectivity index (χ0n) is 13.5. The van der Waals surface area contributed by atoms with Crippen LogP contribution in [0, 0.1) is 12.7 Å². The zero-order chi connectivity index (χ0) is 16.0. The van der Waals surface area contributed by atoms with Gasteiger partial charge in [0.05, 0.1) is 0 Å². The van der Waals surface area contributed by atoms with E-state index in [-0.39, 0.29) is 5.82 Å². The standard InChI is InChI=1S/C16H26FN3S/c1-11(2)20(12(3)4)9-8-18-16(21)19-14-7-6-13(5)15(17)10-14/h6-7,10-12H,8-9H2,1-5H3,(H2,18,19,21). The van der Waals surface area contributed by atoms with Crippen LogP contribution in [-0.4, -0.2) is 35.2 Å². The maximum Gasteiger partial charge on any atom is 0.170 e. The molecule has 0 fully saturated rings. The molecule has 0 saturated carbocycles. The van der Waals surface area contributed by atoms with Gasteiger partial charge >= 0.3 is 0 Å². The van der Waals surface area contributed by atoms with E-state index in [2.05, 4.69) is 43.2 Å². The van der Waals surface area contributed by atoms with Gasteiger partial charge in [-0.25, -0.2) is 4.39 Å². The monoisotopic (exact) mass is 311 g/mol. The van der Waals surface area contributed by atoms with Gasteiger partial charge in [0, 0.05) is 30.9 Å². The van der Waals surface area contributed by atoms with Crippen molar-refractivity contribution >= 4 is 23.0 Å². The predicted octanol–water partition coefficient (Wildman–Crippen LogP) is 3.54. The van der Waals surface area contributed by atoms with Gasteiger partial charge in [0.25, 0.3) is 0 Å². The maximum absolute atomic E-state index is 13.5. The highest BCUT2D eigenvalue weighted by atomic mass is 32.1. The van der Waals surface area contributed by atoms with Gasteiger partial charge in [-0.1, -0.05) is 6.07 Å². The van der Waals surface area contributed by atoms with Crippen molar-refractivity contribution in [1.82, 2.24) is 10.2 Å². The van der Waals surface area contributed by atoms with Crippen molar-refractivity contribution < 1.29 is 4.39 Å². The van der Waals surface area contributed by atoms with E-state index in [0.717, 1.165) is 13.1 Å². The second kappa shape index (κ2) is 8.29. The molecule has 0 bridgehead atoms. The molecule has 0 atom stereocenters. The second-order valence-corrected chi connectivity index (χ2v) is 6.18. The lowest BCUT2D eigenvalue weighted by molar-refractivity contribution is 0.178. The molecule has 1 aromatic rings. The summed E-state index contributed by atoms with van der Waals surface area (Å²) in [5.41, 5.74) is 1.30. The molecule has 0 radical (unpaired) electrons. The number of nitrogens with one attached hydrogen (secondary N) is 2. The van der Waals surface area contributed by atoms with Gasteiger partial charge in [0.2, 0.25) is 0 Å². The molecule has 1 aromatic carbocycles. The van der Waals surface area contributed by atoms with Crippen LogP contribution < -0.4 is 10.6 Å². The Kier molecular flexibility index (Phi) is 7.05. The van der Waals surface area contributed by atoms with Crippen molar-refractivity contribution in [2.75, 3.05) is 18.4 Å². The van der Waals surface area contributed by atoms with E-state index < -0.39 is 0 Å². The summed E-state index contributed by atoms with van der Waals surface area (Å²) in [6.07, 6.45) is 0. The van der Waals surface area contributed by atoms with Crippen LogP contribution >= 0.6 is 12.2 Å². The van der Waals surface area contributed by atoms with Crippen LogP contribution in [0.15, 0.2) is 18.2 Å². The Morgan fingerprint density at radius 3 is 2.38 bits per heavy atom. The lowest BCUT2D eigenvalue weighted by atomic mass is 10.2. The third-order valence-electron chi connectivity index (χ3n) is 3.41. The van der Waals surface area contributed by atoms with Crippen LogP contribution in [0.25, 0.3) is 0 Å². The zero-order valence-corrected chi connectivity index (χ0v) is 14.4. The Hall–Kier alpha value is -1.20. The minimum atomic E-state index is -0.228. The molecule has 0 spiro atoms. The number of aryl methyl sites for hydroxylation is 1. The molecule has 0 aliphatic heterocycles. The minimum absolute atomic E-state index is 0.228. The highest BCUT2D eigenvalue weighted by Gasteiger charge is 2.12. The lowest BCUT2D eigenvalue weighted by Crippen LogP contribution is -2.43. The Balaban J connectivity index is 2.42. The molecule has 0 aliphatic rings.